The summed E-state index contributed by atoms with van der Waals surface area (Å²) in [6.45, 7) is 4.38. The van der Waals surface area contributed by atoms with Crippen LogP contribution >= 0.6 is 11.6 Å². The molecule has 3 aromatic rings. The molecule has 0 spiro atoms. The Kier molecular flexibility index (Phi) is 8.78. The maximum atomic E-state index is 13.0. The predicted molar refractivity (Wildman–Crippen MR) is 140 cm³/mol. The molecule has 2 N–H and O–H groups in total. The zero-order valence-electron chi connectivity index (χ0n) is 20.9. The van der Waals surface area contributed by atoms with Gasteiger partial charge in [-0.05, 0) is 30.2 Å². The Balaban J connectivity index is 1.48. The van der Waals surface area contributed by atoms with Crippen LogP contribution in [0.2, 0.25) is 5.02 Å². The molecule has 12 heteroatoms. The van der Waals surface area contributed by atoms with Crippen LogP contribution in [0, 0.1) is 0 Å². The topological polar surface area (TPSA) is 118 Å². The molecule has 1 atom stereocenters. The van der Waals surface area contributed by atoms with Gasteiger partial charge >= 0.3 is 6.03 Å². The number of urea groups is 1. The lowest BCUT2D eigenvalue weighted by molar-refractivity contribution is -0.121. The Morgan fingerprint density at radius 2 is 2.05 bits per heavy atom. The largest absolute Gasteiger partial charge is 0.495 e. The van der Waals surface area contributed by atoms with Crippen LogP contribution in [0.15, 0.2) is 49.2 Å². The standard InChI is InChI=1S/C25H31ClN8O3/c1-3-7-29-25(36)32-11-12-34(22-6-8-28-24(31-22)33-10-9-27-17-33)19(16-32)14-23(35)30-15-18-4-5-21(37-2)20(26)13-18/h4-6,8-10,13,17,19H,3,7,11-12,14-16H2,1-2H3,(H,29,36)(H,30,35). The van der Waals surface area contributed by atoms with E-state index in [0.717, 1.165) is 12.0 Å². The molecular weight excluding hydrogens is 496 g/mol. The molecule has 37 heavy (non-hydrogen) atoms. The first kappa shape index (κ1) is 26.2. The molecule has 3 amide bonds. The first-order valence-electron chi connectivity index (χ1n) is 12.2. The van der Waals surface area contributed by atoms with Crippen LogP contribution < -0.4 is 20.3 Å². The number of carbonyl (C=O) groups is 2. The molecule has 3 heterocycles. The van der Waals surface area contributed by atoms with Crippen molar-refractivity contribution in [2.24, 2.45) is 0 Å². The van der Waals surface area contributed by atoms with Crippen LogP contribution in [-0.2, 0) is 11.3 Å². The van der Waals surface area contributed by atoms with Crippen molar-refractivity contribution >= 4 is 29.4 Å². The number of ether oxygens (including phenoxy) is 1. The van der Waals surface area contributed by atoms with Gasteiger partial charge in [0.05, 0.1) is 18.2 Å². The number of carbonyl (C=O) groups excluding carboxylic acids is 2. The van der Waals surface area contributed by atoms with Crippen LogP contribution in [0.1, 0.15) is 25.3 Å². The summed E-state index contributed by atoms with van der Waals surface area (Å²) in [6.07, 6.45) is 7.78. The Bertz CT molecular complexity index is 1210. The summed E-state index contributed by atoms with van der Waals surface area (Å²) in [6, 6.07) is 6.82. The highest BCUT2D eigenvalue weighted by Crippen LogP contribution is 2.25. The molecule has 11 nitrogen and oxygen atoms in total. The summed E-state index contributed by atoms with van der Waals surface area (Å²) in [5.41, 5.74) is 0.862. The van der Waals surface area contributed by atoms with E-state index in [9.17, 15) is 9.59 Å². The van der Waals surface area contributed by atoms with Crippen LogP contribution in [0.25, 0.3) is 5.95 Å². The number of hydrogen-bond donors (Lipinski definition) is 2. The molecule has 0 saturated carbocycles. The van der Waals surface area contributed by atoms with Gasteiger partial charge in [-0.25, -0.2) is 14.8 Å². The van der Waals surface area contributed by atoms with Crippen molar-refractivity contribution in [3.05, 3.63) is 59.8 Å². The lowest BCUT2D eigenvalue weighted by atomic mass is 10.1. The van der Waals surface area contributed by atoms with Crippen molar-refractivity contribution in [2.45, 2.75) is 32.4 Å². The fraction of sp³-hybridized carbons (Fsp3) is 0.400. The normalized spacial score (nSPS) is 15.4. The molecule has 1 saturated heterocycles. The second-order valence-electron chi connectivity index (χ2n) is 8.66. The SMILES string of the molecule is CCCNC(=O)N1CCN(c2ccnc(-n3ccnc3)n2)C(CC(=O)NCc2ccc(OC)c(Cl)c2)C1. The highest BCUT2D eigenvalue weighted by molar-refractivity contribution is 6.32. The second-order valence-corrected chi connectivity index (χ2v) is 9.07. The van der Waals surface area contributed by atoms with E-state index in [1.54, 1.807) is 53.6 Å². The fourth-order valence-electron chi connectivity index (χ4n) is 4.17. The summed E-state index contributed by atoms with van der Waals surface area (Å²) in [5, 5.41) is 6.38. The molecular formula is C25H31ClN8O3. The van der Waals surface area contributed by atoms with E-state index in [0.29, 0.717) is 55.3 Å². The summed E-state index contributed by atoms with van der Waals surface area (Å²) < 4.78 is 6.91. The summed E-state index contributed by atoms with van der Waals surface area (Å²) in [7, 11) is 1.56. The smallest absolute Gasteiger partial charge is 0.317 e. The monoisotopic (exact) mass is 526 g/mol. The van der Waals surface area contributed by atoms with E-state index in [2.05, 4.69) is 25.5 Å². The molecule has 0 bridgehead atoms. The van der Waals surface area contributed by atoms with E-state index in [-0.39, 0.29) is 24.4 Å². The molecule has 4 rings (SSSR count). The fourth-order valence-corrected chi connectivity index (χ4v) is 4.45. The Morgan fingerprint density at radius 3 is 2.78 bits per heavy atom. The van der Waals surface area contributed by atoms with Crippen molar-refractivity contribution in [3.8, 4) is 11.7 Å². The number of methoxy groups -OCH3 is 1. The maximum absolute atomic E-state index is 13.0. The van der Waals surface area contributed by atoms with Gasteiger partial charge < -0.3 is 25.2 Å². The minimum absolute atomic E-state index is 0.124. The summed E-state index contributed by atoms with van der Waals surface area (Å²) in [4.78, 5) is 42.6. The Hall–Kier alpha value is -3.86. The lowest BCUT2D eigenvalue weighted by Crippen LogP contribution is -2.58. The van der Waals surface area contributed by atoms with Gasteiger partial charge in [0.15, 0.2) is 0 Å². The van der Waals surface area contributed by atoms with Crippen molar-refractivity contribution in [1.82, 2.24) is 35.1 Å². The summed E-state index contributed by atoms with van der Waals surface area (Å²) >= 11 is 6.21. The molecule has 0 aliphatic carbocycles. The number of piperazine rings is 1. The van der Waals surface area contributed by atoms with Gasteiger partial charge in [0.25, 0.3) is 0 Å². The van der Waals surface area contributed by atoms with Crippen molar-refractivity contribution in [1.29, 1.82) is 0 Å². The third-order valence-corrected chi connectivity index (χ3v) is 6.38. The number of aromatic nitrogens is 4. The molecule has 1 fully saturated rings. The van der Waals surface area contributed by atoms with Gasteiger partial charge in [-0.2, -0.15) is 4.98 Å². The van der Waals surface area contributed by atoms with E-state index < -0.39 is 0 Å². The molecule has 1 unspecified atom stereocenters. The highest BCUT2D eigenvalue weighted by Gasteiger charge is 2.32. The average Bonchev–Trinajstić information content (AvgIpc) is 3.46. The number of halogens is 1. The Labute approximate surface area is 220 Å². The zero-order valence-corrected chi connectivity index (χ0v) is 21.7. The number of imidazole rings is 1. The second kappa shape index (κ2) is 12.4. The average molecular weight is 527 g/mol. The maximum Gasteiger partial charge on any atom is 0.317 e. The molecule has 0 radical (unpaired) electrons. The minimum atomic E-state index is -0.272. The van der Waals surface area contributed by atoms with Gasteiger partial charge in [0.2, 0.25) is 11.9 Å². The van der Waals surface area contributed by atoms with Gasteiger partial charge in [0, 0.05) is 57.7 Å². The predicted octanol–water partition coefficient (Wildman–Crippen LogP) is 2.64. The minimum Gasteiger partial charge on any atom is -0.495 e. The van der Waals surface area contributed by atoms with Crippen molar-refractivity contribution < 1.29 is 14.3 Å². The van der Waals surface area contributed by atoms with Crippen molar-refractivity contribution in [2.75, 3.05) is 38.2 Å². The molecule has 2 aromatic heterocycles. The van der Waals surface area contributed by atoms with Crippen LogP contribution in [-0.4, -0.2) is 75.7 Å². The van der Waals surface area contributed by atoms with E-state index in [1.165, 1.54) is 0 Å². The van der Waals surface area contributed by atoms with Crippen LogP contribution in [0.5, 0.6) is 5.75 Å². The highest BCUT2D eigenvalue weighted by atomic mass is 35.5. The van der Waals surface area contributed by atoms with Crippen LogP contribution in [0.4, 0.5) is 10.6 Å². The molecule has 196 valence electrons. The third-order valence-electron chi connectivity index (χ3n) is 6.08. The zero-order chi connectivity index (χ0) is 26.2. The molecule has 1 aliphatic rings. The quantitative estimate of drug-likeness (QED) is 0.440. The van der Waals surface area contributed by atoms with Gasteiger partial charge in [-0.15, -0.1) is 0 Å². The summed E-state index contributed by atoms with van der Waals surface area (Å²) in [5.74, 6) is 1.61. The number of rotatable bonds is 9. The molecule has 1 aliphatic heterocycles. The third kappa shape index (κ3) is 6.67. The molecule has 1 aromatic carbocycles. The van der Waals surface area contributed by atoms with Gasteiger partial charge in [0.1, 0.15) is 17.9 Å². The first-order valence-corrected chi connectivity index (χ1v) is 12.6. The van der Waals surface area contributed by atoms with Gasteiger partial charge in [-0.1, -0.05) is 24.6 Å². The number of anilines is 1. The first-order chi connectivity index (χ1) is 18.0. The number of nitrogens with one attached hydrogen (secondary N) is 2. The Morgan fingerprint density at radius 1 is 1.19 bits per heavy atom. The number of amides is 3. The van der Waals surface area contributed by atoms with E-state index in [1.807, 2.05) is 19.1 Å². The van der Waals surface area contributed by atoms with Gasteiger partial charge in [-0.3, -0.25) is 9.36 Å². The number of hydrogen-bond acceptors (Lipinski definition) is 7. The lowest BCUT2D eigenvalue weighted by Gasteiger charge is -2.41. The van der Waals surface area contributed by atoms with Crippen molar-refractivity contribution in [3.63, 3.8) is 0 Å². The number of nitrogens with zero attached hydrogens (tertiary/aromatic N) is 6. The van der Waals surface area contributed by atoms with E-state index in [4.69, 9.17) is 21.3 Å². The number of benzene rings is 1. The van der Waals surface area contributed by atoms with E-state index >= 15 is 0 Å². The van der Waals surface area contributed by atoms with Crippen LogP contribution in [0.3, 0.4) is 0 Å².